The smallest absolute Gasteiger partial charge is 0.229 e. The number of rotatable bonds is 4. The van der Waals surface area contributed by atoms with Crippen LogP contribution in [0.5, 0.6) is 17.5 Å². The van der Waals surface area contributed by atoms with E-state index < -0.39 is 0 Å². The Hall–Kier alpha value is -1.86. The summed E-state index contributed by atoms with van der Waals surface area (Å²) in [5.74, 6) is 1.80. The monoisotopic (exact) mass is 358 g/mol. The van der Waals surface area contributed by atoms with Gasteiger partial charge in [-0.25, -0.2) is 14.3 Å². The van der Waals surface area contributed by atoms with E-state index in [0.717, 1.165) is 24.1 Å². The second kappa shape index (κ2) is 6.80. The number of piperidine rings is 1. The van der Waals surface area contributed by atoms with E-state index in [1.54, 1.807) is 6.20 Å². The van der Waals surface area contributed by atoms with Crippen LogP contribution in [-0.4, -0.2) is 37.4 Å². The molecule has 7 heteroatoms. The molecule has 25 heavy (non-hydrogen) atoms. The Morgan fingerprint density at radius 3 is 2.52 bits per heavy atom. The number of nitrogens with zero attached hydrogens (tertiary/aromatic N) is 4. The zero-order valence-electron chi connectivity index (χ0n) is 14.4. The summed E-state index contributed by atoms with van der Waals surface area (Å²) in [6, 6.07) is 4.73. The van der Waals surface area contributed by atoms with Crippen LogP contribution in [-0.2, 0) is 0 Å². The highest BCUT2D eigenvalue weighted by Crippen LogP contribution is 2.39. The summed E-state index contributed by atoms with van der Waals surface area (Å²) >= 11 is 4.61. The highest BCUT2D eigenvalue weighted by Gasteiger charge is 2.40. The molecule has 0 aliphatic carbocycles. The zero-order valence-corrected chi connectivity index (χ0v) is 15.3. The second-order valence-corrected chi connectivity index (χ2v) is 7.24. The lowest BCUT2D eigenvalue weighted by Gasteiger charge is -2.35. The molecule has 0 aromatic carbocycles. The van der Waals surface area contributed by atoms with Crippen molar-refractivity contribution in [2.45, 2.75) is 57.7 Å². The average molecular weight is 358 g/mol. The maximum absolute atomic E-state index is 6.22. The molecule has 2 aliphatic rings. The standard InChI is InChI=1S/C18H22N4O2S/c1-11-17(23-15-8-13-5-6-14(9-15)22(13)25)20-10-21-18(11)24-16-4-3-7-19-12(16)2/h3-4,7,10,13-15,25H,5-6,8-9H2,1-2H3. The van der Waals surface area contributed by atoms with E-state index in [0.29, 0.717) is 29.6 Å². The summed E-state index contributed by atoms with van der Waals surface area (Å²) in [6.07, 6.45) is 7.78. The van der Waals surface area contributed by atoms with Crippen molar-refractivity contribution in [3.05, 3.63) is 35.9 Å². The average Bonchev–Trinajstić information content (AvgIpc) is 2.82. The third kappa shape index (κ3) is 3.30. The van der Waals surface area contributed by atoms with Crippen molar-refractivity contribution in [2.24, 2.45) is 0 Å². The lowest BCUT2D eigenvalue weighted by atomic mass is 10.0. The topological polar surface area (TPSA) is 60.4 Å². The van der Waals surface area contributed by atoms with Crippen molar-refractivity contribution in [2.75, 3.05) is 0 Å². The van der Waals surface area contributed by atoms with E-state index in [2.05, 4.69) is 32.1 Å². The van der Waals surface area contributed by atoms with Gasteiger partial charge in [0.25, 0.3) is 0 Å². The van der Waals surface area contributed by atoms with E-state index in [1.165, 1.54) is 19.2 Å². The number of hydrogen-bond donors (Lipinski definition) is 1. The Kier molecular flexibility index (Phi) is 4.52. The third-order valence-electron chi connectivity index (χ3n) is 5.09. The van der Waals surface area contributed by atoms with Gasteiger partial charge in [-0.2, -0.15) is 0 Å². The molecule has 2 unspecified atom stereocenters. The summed E-state index contributed by atoms with van der Waals surface area (Å²) < 4.78 is 14.3. The van der Waals surface area contributed by atoms with Crippen molar-refractivity contribution in [3.8, 4) is 17.5 Å². The predicted molar refractivity (Wildman–Crippen MR) is 97.1 cm³/mol. The lowest BCUT2D eigenvalue weighted by molar-refractivity contribution is 0.0967. The van der Waals surface area contributed by atoms with Crippen LogP contribution in [0.25, 0.3) is 0 Å². The molecule has 2 aliphatic heterocycles. The molecule has 2 fully saturated rings. The van der Waals surface area contributed by atoms with Gasteiger partial charge < -0.3 is 9.47 Å². The van der Waals surface area contributed by atoms with E-state index in [-0.39, 0.29) is 6.10 Å². The first-order valence-corrected chi connectivity index (χ1v) is 9.06. The van der Waals surface area contributed by atoms with Gasteiger partial charge in [-0.1, -0.05) is 12.8 Å². The van der Waals surface area contributed by atoms with E-state index in [4.69, 9.17) is 9.47 Å². The fraction of sp³-hybridized carbons (Fsp3) is 0.500. The molecular weight excluding hydrogens is 336 g/mol. The van der Waals surface area contributed by atoms with Gasteiger partial charge in [-0.15, -0.1) is 0 Å². The molecule has 0 spiro atoms. The van der Waals surface area contributed by atoms with E-state index >= 15 is 0 Å². The first-order valence-electron chi connectivity index (χ1n) is 8.66. The summed E-state index contributed by atoms with van der Waals surface area (Å²) in [6.45, 7) is 3.84. The number of ether oxygens (including phenoxy) is 2. The van der Waals surface area contributed by atoms with Crippen LogP contribution < -0.4 is 9.47 Å². The van der Waals surface area contributed by atoms with Gasteiger partial charge in [-0.05, 0) is 38.8 Å². The van der Waals surface area contributed by atoms with Gasteiger partial charge >= 0.3 is 0 Å². The van der Waals surface area contributed by atoms with Crippen molar-refractivity contribution >= 4 is 12.8 Å². The van der Waals surface area contributed by atoms with Gasteiger partial charge in [0.1, 0.15) is 12.4 Å². The Bertz CT molecular complexity index is 758. The number of thiol groups is 1. The van der Waals surface area contributed by atoms with Gasteiger partial charge in [0.2, 0.25) is 11.8 Å². The molecule has 4 rings (SSSR count). The summed E-state index contributed by atoms with van der Waals surface area (Å²) in [4.78, 5) is 12.8. The molecule has 6 nitrogen and oxygen atoms in total. The SMILES string of the molecule is Cc1ncccc1Oc1ncnc(OC2CC3CCC(C2)N3S)c1C. The highest BCUT2D eigenvalue weighted by molar-refractivity contribution is 7.77. The van der Waals surface area contributed by atoms with Crippen LogP contribution in [0.15, 0.2) is 24.7 Å². The molecular formula is C18H22N4O2S. The molecule has 132 valence electrons. The van der Waals surface area contributed by atoms with Gasteiger partial charge in [0.15, 0.2) is 5.75 Å². The molecule has 0 radical (unpaired) electrons. The Morgan fingerprint density at radius 1 is 1.08 bits per heavy atom. The van der Waals surface area contributed by atoms with Crippen LogP contribution in [0.2, 0.25) is 0 Å². The van der Waals surface area contributed by atoms with Crippen molar-refractivity contribution in [1.29, 1.82) is 0 Å². The molecule has 0 saturated carbocycles. The van der Waals surface area contributed by atoms with Gasteiger partial charge in [-0.3, -0.25) is 4.98 Å². The highest BCUT2D eigenvalue weighted by atomic mass is 32.1. The Morgan fingerprint density at radius 2 is 1.80 bits per heavy atom. The maximum atomic E-state index is 6.22. The third-order valence-corrected chi connectivity index (χ3v) is 5.74. The number of hydrogen-bond acceptors (Lipinski definition) is 7. The van der Waals surface area contributed by atoms with Crippen LogP contribution in [0.3, 0.4) is 0 Å². The number of aryl methyl sites for hydroxylation is 1. The first kappa shape index (κ1) is 16.6. The van der Waals surface area contributed by atoms with E-state index in [9.17, 15) is 0 Å². The molecule has 2 bridgehead atoms. The number of aromatic nitrogens is 3. The number of pyridine rings is 1. The molecule has 0 amide bonds. The van der Waals surface area contributed by atoms with Crippen molar-refractivity contribution in [3.63, 3.8) is 0 Å². The quantitative estimate of drug-likeness (QED) is 0.844. The van der Waals surface area contributed by atoms with Gasteiger partial charge in [0, 0.05) is 31.1 Å². The van der Waals surface area contributed by atoms with Crippen LogP contribution in [0.4, 0.5) is 0 Å². The van der Waals surface area contributed by atoms with E-state index in [1.807, 2.05) is 26.0 Å². The zero-order chi connectivity index (χ0) is 17.4. The summed E-state index contributed by atoms with van der Waals surface area (Å²) in [7, 11) is 0. The Labute approximate surface area is 153 Å². The van der Waals surface area contributed by atoms with Crippen molar-refractivity contribution in [1.82, 2.24) is 19.3 Å². The molecule has 4 heterocycles. The lowest BCUT2D eigenvalue weighted by Crippen LogP contribution is -2.41. The molecule has 2 aromatic rings. The number of fused-ring (bicyclic) bond motifs is 2. The second-order valence-electron chi connectivity index (χ2n) is 6.77. The summed E-state index contributed by atoms with van der Waals surface area (Å²) in [5, 5.41) is 0. The van der Waals surface area contributed by atoms with Gasteiger partial charge in [0.05, 0.1) is 11.3 Å². The summed E-state index contributed by atoms with van der Waals surface area (Å²) in [5.41, 5.74) is 1.63. The van der Waals surface area contributed by atoms with Crippen molar-refractivity contribution < 1.29 is 9.47 Å². The molecule has 2 atom stereocenters. The normalized spacial score (nSPS) is 25.8. The first-order chi connectivity index (χ1) is 12.1. The molecule has 0 N–H and O–H groups in total. The largest absolute Gasteiger partial charge is 0.474 e. The minimum absolute atomic E-state index is 0.169. The fourth-order valence-corrected chi connectivity index (χ4v) is 4.10. The fourth-order valence-electron chi connectivity index (χ4n) is 3.68. The molecule has 2 saturated heterocycles. The predicted octanol–water partition coefficient (Wildman–Crippen LogP) is 3.50. The van der Waals surface area contributed by atoms with Crippen LogP contribution in [0, 0.1) is 13.8 Å². The maximum Gasteiger partial charge on any atom is 0.229 e. The molecule has 2 aromatic heterocycles. The minimum atomic E-state index is 0.169. The Balaban J connectivity index is 1.51. The van der Waals surface area contributed by atoms with Crippen LogP contribution >= 0.6 is 12.8 Å². The minimum Gasteiger partial charge on any atom is -0.474 e. The van der Waals surface area contributed by atoms with Crippen LogP contribution in [0.1, 0.15) is 36.9 Å².